The maximum atomic E-state index is 12.0. The molecule has 0 bridgehead atoms. The number of ether oxygens (including phenoxy) is 1. The zero-order valence-corrected chi connectivity index (χ0v) is 13.4. The second kappa shape index (κ2) is 6.49. The van der Waals surface area contributed by atoms with Gasteiger partial charge in [0.15, 0.2) is 6.10 Å². The number of anilines is 2. The molecular weight excluding hydrogens is 318 g/mol. The molecule has 0 radical (unpaired) electrons. The molecular formula is C15H17N3O4S. The average molecular weight is 335 g/mol. The molecule has 3 rings (SSSR count). The number of hydrogen-bond acceptors (Lipinski definition) is 5. The summed E-state index contributed by atoms with van der Waals surface area (Å²) in [5.41, 5.74) is 1.12. The fourth-order valence-corrected chi connectivity index (χ4v) is 3.23. The Kier molecular flexibility index (Phi) is 4.42. The number of hydrogen-bond donors (Lipinski definition) is 2. The molecule has 0 spiro atoms. The van der Waals surface area contributed by atoms with E-state index in [9.17, 15) is 14.4 Å². The lowest BCUT2D eigenvalue weighted by Crippen LogP contribution is -2.34. The molecule has 2 aliphatic heterocycles. The second-order valence-corrected chi connectivity index (χ2v) is 6.41. The monoisotopic (exact) mass is 335 g/mol. The molecule has 2 heterocycles. The van der Waals surface area contributed by atoms with Gasteiger partial charge in [0.25, 0.3) is 11.1 Å². The Morgan fingerprint density at radius 3 is 3.04 bits per heavy atom. The van der Waals surface area contributed by atoms with E-state index < -0.39 is 6.10 Å². The Labute approximate surface area is 137 Å². The molecule has 2 aliphatic rings. The van der Waals surface area contributed by atoms with Crippen LogP contribution in [0, 0.1) is 0 Å². The summed E-state index contributed by atoms with van der Waals surface area (Å²) in [7, 11) is 0. The van der Waals surface area contributed by atoms with Crippen molar-refractivity contribution in [2.24, 2.45) is 0 Å². The van der Waals surface area contributed by atoms with Crippen molar-refractivity contribution in [1.82, 2.24) is 4.90 Å². The van der Waals surface area contributed by atoms with Gasteiger partial charge in [0.1, 0.15) is 5.75 Å². The minimum atomic E-state index is -0.529. The first-order chi connectivity index (χ1) is 11.0. The van der Waals surface area contributed by atoms with Gasteiger partial charge in [-0.25, -0.2) is 0 Å². The SMILES string of the molecule is C[C@H]1Oc2ccc(NC(=O)CCN3CCSC3=O)cc2NC1=O. The van der Waals surface area contributed by atoms with Crippen LogP contribution in [0.1, 0.15) is 13.3 Å². The van der Waals surface area contributed by atoms with Crippen molar-refractivity contribution in [1.29, 1.82) is 0 Å². The van der Waals surface area contributed by atoms with Gasteiger partial charge < -0.3 is 20.3 Å². The van der Waals surface area contributed by atoms with Gasteiger partial charge in [0.2, 0.25) is 5.91 Å². The molecule has 1 saturated heterocycles. The normalized spacial score (nSPS) is 19.9. The summed E-state index contributed by atoms with van der Waals surface area (Å²) in [4.78, 5) is 36.7. The van der Waals surface area contributed by atoms with Crippen molar-refractivity contribution in [3.63, 3.8) is 0 Å². The van der Waals surface area contributed by atoms with E-state index in [0.29, 0.717) is 30.2 Å². The molecule has 0 aromatic heterocycles. The molecule has 0 saturated carbocycles. The van der Waals surface area contributed by atoms with Crippen LogP contribution in [0.25, 0.3) is 0 Å². The molecule has 1 aromatic rings. The smallest absolute Gasteiger partial charge is 0.281 e. The highest BCUT2D eigenvalue weighted by Gasteiger charge is 2.24. The average Bonchev–Trinajstić information content (AvgIpc) is 2.92. The summed E-state index contributed by atoms with van der Waals surface area (Å²) in [6.07, 6.45) is -0.290. The van der Waals surface area contributed by atoms with Crippen LogP contribution >= 0.6 is 11.8 Å². The van der Waals surface area contributed by atoms with Gasteiger partial charge in [0, 0.05) is 31.0 Å². The molecule has 1 aromatic carbocycles. The number of amides is 3. The Morgan fingerprint density at radius 1 is 1.48 bits per heavy atom. The lowest BCUT2D eigenvalue weighted by Gasteiger charge is -2.23. The topological polar surface area (TPSA) is 87.7 Å². The number of thioether (sulfide) groups is 1. The number of rotatable bonds is 4. The third kappa shape index (κ3) is 3.58. The molecule has 1 atom stereocenters. The first-order valence-electron chi connectivity index (χ1n) is 7.36. The molecule has 2 N–H and O–H groups in total. The van der Waals surface area contributed by atoms with Gasteiger partial charge in [-0.15, -0.1) is 0 Å². The lowest BCUT2D eigenvalue weighted by molar-refractivity contribution is -0.122. The van der Waals surface area contributed by atoms with Crippen LogP contribution in [0.3, 0.4) is 0 Å². The second-order valence-electron chi connectivity index (χ2n) is 5.36. The predicted octanol–water partition coefficient (Wildman–Crippen LogP) is 1.90. The third-order valence-corrected chi connectivity index (χ3v) is 4.54. The van der Waals surface area contributed by atoms with E-state index in [2.05, 4.69) is 10.6 Å². The van der Waals surface area contributed by atoms with Crippen molar-refractivity contribution in [2.45, 2.75) is 19.4 Å². The molecule has 23 heavy (non-hydrogen) atoms. The quantitative estimate of drug-likeness (QED) is 0.877. The van der Waals surface area contributed by atoms with Gasteiger partial charge in [-0.1, -0.05) is 11.8 Å². The van der Waals surface area contributed by atoms with Crippen molar-refractivity contribution in [2.75, 3.05) is 29.5 Å². The summed E-state index contributed by atoms with van der Waals surface area (Å²) in [6, 6.07) is 5.09. The number of carbonyl (C=O) groups is 3. The van der Waals surface area contributed by atoms with Gasteiger partial charge in [0.05, 0.1) is 5.69 Å². The predicted molar refractivity (Wildman–Crippen MR) is 87.8 cm³/mol. The largest absolute Gasteiger partial charge is 0.479 e. The zero-order chi connectivity index (χ0) is 16.4. The standard InChI is InChI=1S/C15H17N3O4S/c1-9-14(20)17-11-8-10(2-3-12(11)22-9)16-13(19)4-5-18-6-7-23-15(18)21/h2-3,8-9H,4-7H2,1H3,(H,16,19)(H,17,20)/t9-/m1/s1. The Morgan fingerprint density at radius 2 is 2.30 bits per heavy atom. The van der Waals surface area contributed by atoms with Crippen LogP contribution < -0.4 is 15.4 Å². The highest BCUT2D eigenvalue weighted by molar-refractivity contribution is 8.13. The maximum absolute atomic E-state index is 12.0. The zero-order valence-electron chi connectivity index (χ0n) is 12.6. The van der Waals surface area contributed by atoms with Crippen LogP contribution in [0.2, 0.25) is 0 Å². The number of nitrogens with one attached hydrogen (secondary N) is 2. The van der Waals surface area contributed by atoms with Crippen LogP contribution in [0.15, 0.2) is 18.2 Å². The molecule has 0 aliphatic carbocycles. The lowest BCUT2D eigenvalue weighted by atomic mass is 10.2. The van der Waals surface area contributed by atoms with E-state index in [1.165, 1.54) is 11.8 Å². The number of nitrogens with zero attached hydrogens (tertiary/aromatic N) is 1. The van der Waals surface area contributed by atoms with E-state index in [0.717, 1.165) is 5.75 Å². The highest BCUT2D eigenvalue weighted by Crippen LogP contribution is 2.32. The van der Waals surface area contributed by atoms with E-state index in [1.807, 2.05) is 0 Å². The minimum Gasteiger partial charge on any atom is -0.479 e. The fourth-order valence-electron chi connectivity index (χ4n) is 2.38. The third-order valence-electron chi connectivity index (χ3n) is 3.65. The summed E-state index contributed by atoms with van der Waals surface area (Å²) < 4.78 is 5.46. The Balaban J connectivity index is 1.57. The van der Waals surface area contributed by atoms with Gasteiger partial charge in [-0.3, -0.25) is 14.4 Å². The summed E-state index contributed by atoms with van der Waals surface area (Å²) >= 11 is 1.28. The maximum Gasteiger partial charge on any atom is 0.281 e. The van der Waals surface area contributed by atoms with Crippen LogP contribution in [-0.2, 0) is 9.59 Å². The first-order valence-corrected chi connectivity index (χ1v) is 8.34. The highest BCUT2D eigenvalue weighted by atomic mass is 32.2. The van der Waals surface area contributed by atoms with E-state index in [-0.39, 0.29) is 23.5 Å². The van der Waals surface area contributed by atoms with Gasteiger partial charge in [-0.2, -0.15) is 0 Å². The number of carbonyl (C=O) groups excluding carboxylic acids is 3. The van der Waals surface area contributed by atoms with E-state index in [4.69, 9.17) is 4.74 Å². The molecule has 7 nitrogen and oxygen atoms in total. The molecule has 0 unspecified atom stereocenters. The van der Waals surface area contributed by atoms with Crippen LogP contribution in [0.5, 0.6) is 5.75 Å². The van der Waals surface area contributed by atoms with Gasteiger partial charge in [-0.05, 0) is 25.1 Å². The van der Waals surface area contributed by atoms with Crippen LogP contribution in [-0.4, -0.2) is 46.9 Å². The summed E-state index contributed by atoms with van der Waals surface area (Å²) in [5, 5.41) is 5.53. The van der Waals surface area contributed by atoms with Crippen molar-refractivity contribution in [3.8, 4) is 5.75 Å². The summed E-state index contributed by atoms with van der Waals surface area (Å²) in [5.74, 6) is 0.968. The van der Waals surface area contributed by atoms with E-state index in [1.54, 1.807) is 30.0 Å². The minimum absolute atomic E-state index is 0.0283. The Bertz CT molecular complexity index is 664. The van der Waals surface area contributed by atoms with Crippen molar-refractivity contribution < 1.29 is 19.1 Å². The molecule has 3 amide bonds. The van der Waals surface area contributed by atoms with Crippen LogP contribution in [0.4, 0.5) is 16.2 Å². The molecule has 122 valence electrons. The number of benzene rings is 1. The fraction of sp³-hybridized carbons (Fsp3) is 0.400. The van der Waals surface area contributed by atoms with E-state index >= 15 is 0 Å². The van der Waals surface area contributed by atoms with Gasteiger partial charge >= 0.3 is 0 Å². The van der Waals surface area contributed by atoms with Crippen molar-refractivity contribution in [3.05, 3.63) is 18.2 Å². The molecule has 8 heteroatoms. The summed E-state index contributed by atoms with van der Waals surface area (Å²) in [6.45, 7) is 2.78. The first kappa shape index (κ1) is 15.7. The van der Waals surface area contributed by atoms with Crippen molar-refractivity contribution >= 4 is 40.2 Å². The molecule has 1 fully saturated rings. The number of fused-ring (bicyclic) bond motifs is 1. The Hall–Kier alpha value is -2.22.